The highest BCUT2D eigenvalue weighted by Gasteiger charge is 2.32. The summed E-state index contributed by atoms with van der Waals surface area (Å²) in [4.78, 5) is 28.0. The van der Waals surface area contributed by atoms with Crippen LogP contribution in [0.4, 0.5) is 5.69 Å². The van der Waals surface area contributed by atoms with Crippen LogP contribution in [0.3, 0.4) is 0 Å². The molecule has 5 heteroatoms. The van der Waals surface area contributed by atoms with Crippen molar-refractivity contribution in [3.05, 3.63) is 92.6 Å². The Balaban J connectivity index is 1.71. The quantitative estimate of drug-likeness (QED) is 0.420. The number of halogens is 1. The molecule has 1 amide bonds. The molecule has 2 aromatic carbocycles. The Kier molecular flexibility index (Phi) is 4.57. The van der Waals surface area contributed by atoms with Crippen molar-refractivity contribution in [2.75, 3.05) is 4.90 Å². The second-order valence-electron chi connectivity index (χ2n) is 5.92. The summed E-state index contributed by atoms with van der Waals surface area (Å²) in [5, 5.41) is 0. The van der Waals surface area contributed by atoms with Crippen molar-refractivity contribution in [1.82, 2.24) is 0 Å². The van der Waals surface area contributed by atoms with Gasteiger partial charge in [0.2, 0.25) is 0 Å². The van der Waals surface area contributed by atoms with E-state index in [2.05, 4.69) is 15.9 Å². The molecule has 0 aliphatic carbocycles. The number of nitrogens with zero attached hydrogens (tertiary/aromatic N) is 1. The van der Waals surface area contributed by atoms with Crippen molar-refractivity contribution in [1.29, 1.82) is 0 Å². The normalized spacial score (nSPS) is 14.7. The van der Waals surface area contributed by atoms with Gasteiger partial charge in [-0.1, -0.05) is 48.5 Å². The minimum Gasteiger partial charge on any atom is -0.303 e. The largest absolute Gasteiger partial charge is 0.303 e. The molecule has 0 spiro atoms. The van der Waals surface area contributed by atoms with Crippen molar-refractivity contribution in [3.63, 3.8) is 0 Å². The van der Waals surface area contributed by atoms with E-state index in [1.807, 2.05) is 60.7 Å². The summed E-state index contributed by atoms with van der Waals surface area (Å²) >= 11 is 4.73. The predicted octanol–water partition coefficient (Wildman–Crippen LogP) is 5.32. The first-order chi connectivity index (χ1) is 12.6. The molecule has 0 saturated heterocycles. The van der Waals surface area contributed by atoms with Crippen molar-refractivity contribution in [2.24, 2.45) is 0 Å². The Labute approximate surface area is 163 Å². The molecular weight excluding hydrogens is 410 g/mol. The van der Waals surface area contributed by atoms with Gasteiger partial charge in [0, 0.05) is 11.6 Å². The number of ketones is 1. The number of anilines is 1. The molecule has 1 aliphatic heterocycles. The maximum absolute atomic E-state index is 13.0. The second kappa shape index (κ2) is 7.02. The smallest absolute Gasteiger partial charge is 0.259 e. The lowest BCUT2D eigenvalue weighted by atomic mass is 10.1. The van der Waals surface area contributed by atoms with Gasteiger partial charge in [-0.15, -0.1) is 11.3 Å². The summed E-state index contributed by atoms with van der Waals surface area (Å²) < 4.78 is 0.892. The first kappa shape index (κ1) is 16.9. The predicted molar refractivity (Wildman–Crippen MR) is 108 cm³/mol. The van der Waals surface area contributed by atoms with Crippen molar-refractivity contribution >= 4 is 50.2 Å². The van der Waals surface area contributed by atoms with Crippen LogP contribution in [-0.2, 0) is 11.3 Å². The Morgan fingerprint density at radius 3 is 2.46 bits per heavy atom. The van der Waals surface area contributed by atoms with E-state index in [1.54, 1.807) is 11.0 Å². The lowest BCUT2D eigenvalue weighted by Crippen LogP contribution is -2.25. The highest BCUT2D eigenvalue weighted by molar-refractivity contribution is 9.11. The molecule has 0 atom stereocenters. The van der Waals surface area contributed by atoms with Crippen LogP contribution in [-0.4, -0.2) is 11.7 Å². The highest BCUT2D eigenvalue weighted by Crippen LogP contribution is 2.38. The zero-order valence-electron chi connectivity index (χ0n) is 13.7. The number of amides is 1. The van der Waals surface area contributed by atoms with E-state index >= 15 is 0 Å². The molecular formula is C21H14BrNO2S. The molecule has 4 rings (SSSR count). The fourth-order valence-corrected chi connectivity index (χ4v) is 4.32. The average Bonchev–Trinajstić information content (AvgIpc) is 3.20. The average molecular weight is 424 g/mol. The van der Waals surface area contributed by atoms with Crippen LogP contribution in [0.5, 0.6) is 0 Å². The Hall–Kier alpha value is -2.50. The van der Waals surface area contributed by atoms with Gasteiger partial charge in [-0.25, -0.2) is 0 Å². The first-order valence-corrected chi connectivity index (χ1v) is 9.71. The van der Waals surface area contributed by atoms with Gasteiger partial charge in [0.05, 0.1) is 26.5 Å². The van der Waals surface area contributed by atoms with Crippen LogP contribution in [0.15, 0.2) is 76.6 Å². The number of fused-ring (bicyclic) bond motifs is 1. The van der Waals surface area contributed by atoms with Crippen LogP contribution in [0, 0.1) is 0 Å². The summed E-state index contributed by atoms with van der Waals surface area (Å²) in [6, 6.07) is 21.1. The van der Waals surface area contributed by atoms with Gasteiger partial charge in [0.1, 0.15) is 0 Å². The molecule has 1 aromatic heterocycles. The third-order valence-corrected chi connectivity index (χ3v) is 5.87. The Bertz CT molecular complexity index is 1020. The molecule has 128 valence electrons. The van der Waals surface area contributed by atoms with Crippen LogP contribution >= 0.6 is 27.3 Å². The molecule has 3 nitrogen and oxygen atoms in total. The summed E-state index contributed by atoms with van der Waals surface area (Å²) in [6.07, 6.45) is 1.46. The molecule has 0 saturated carbocycles. The third kappa shape index (κ3) is 3.16. The molecule has 26 heavy (non-hydrogen) atoms. The van der Waals surface area contributed by atoms with Gasteiger partial charge >= 0.3 is 0 Å². The van der Waals surface area contributed by atoms with Gasteiger partial charge in [-0.3, -0.25) is 9.59 Å². The summed E-state index contributed by atoms with van der Waals surface area (Å²) in [5.74, 6) is -0.292. The number of hydrogen-bond acceptors (Lipinski definition) is 3. The van der Waals surface area contributed by atoms with Crippen LogP contribution < -0.4 is 4.90 Å². The SMILES string of the molecule is O=C(/C=C1\C(=O)N(Cc2ccccc2)c2ccccc21)c1ccc(Br)s1. The molecule has 0 radical (unpaired) electrons. The van der Waals surface area contributed by atoms with Gasteiger partial charge in [0.25, 0.3) is 5.91 Å². The maximum Gasteiger partial charge on any atom is 0.259 e. The molecule has 0 N–H and O–H groups in total. The minimum absolute atomic E-state index is 0.140. The van der Waals surface area contributed by atoms with E-state index in [1.165, 1.54) is 17.4 Å². The van der Waals surface area contributed by atoms with E-state index < -0.39 is 0 Å². The number of carbonyl (C=O) groups is 2. The van der Waals surface area contributed by atoms with Gasteiger partial charge in [-0.05, 0) is 39.7 Å². The monoisotopic (exact) mass is 423 g/mol. The summed E-state index contributed by atoms with van der Waals surface area (Å²) in [7, 11) is 0. The number of hydrogen-bond donors (Lipinski definition) is 0. The fraction of sp³-hybridized carbons (Fsp3) is 0.0476. The lowest BCUT2D eigenvalue weighted by Gasteiger charge is -2.17. The first-order valence-electron chi connectivity index (χ1n) is 8.10. The molecule has 1 aliphatic rings. The van der Waals surface area contributed by atoms with Crippen molar-refractivity contribution in [3.8, 4) is 0 Å². The van der Waals surface area contributed by atoms with E-state index in [4.69, 9.17) is 0 Å². The molecule has 0 bridgehead atoms. The maximum atomic E-state index is 13.0. The van der Waals surface area contributed by atoms with Gasteiger partial charge in [-0.2, -0.15) is 0 Å². The van der Waals surface area contributed by atoms with Gasteiger partial charge in [0.15, 0.2) is 5.78 Å². The third-order valence-electron chi connectivity index (χ3n) is 4.24. The lowest BCUT2D eigenvalue weighted by molar-refractivity contribution is -0.113. The standard InChI is InChI=1S/C21H14BrNO2S/c22-20-11-10-19(26-20)18(24)12-16-15-8-4-5-9-17(15)23(21(16)25)13-14-6-2-1-3-7-14/h1-12H,13H2/b16-12-. The van der Waals surface area contributed by atoms with Crippen molar-refractivity contribution < 1.29 is 9.59 Å². The number of allylic oxidation sites excluding steroid dienone is 1. The molecule has 2 heterocycles. The zero-order valence-corrected chi connectivity index (χ0v) is 16.1. The van der Waals surface area contributed by atoms with Gasteiger partial charge < -0.3 is 4.90 Å². The minimum atomic E-state index is -0.152. The highest BCUT2D eigenvalue weighted by atomic mass is 79.9. The second-order valence-corrected chi connectivity index (χ2v) is 8.38. The van der Waals surface area contributed by atoms with Crippen molar-refractivity contribution in [2.45, 2.75) is 6.54 Å². The van der Waals surface area contributed by atoms with Crippen LogP contribution in [0.2, 0.25) is 0 Å². The number of benzene rings is 2. The fourth-order valence-electron chi connectivity index (χ4n) is 3.02. The van der Waals surface area contributed by atoms with E-state index in [0.29, 0.717) is 17.0 Å². The number of rotatable bonds is 4. The van der Waals surface area contributed by atoms with Crippen LogP contribution in [0.1, 0.15) is 20.8 Å². The topological polar surface area (TPSA) is 37.4 Å². The number of thiophene rings is 1. The summed E-state index contributed by atoms with van der Waals surface area (Å²) in [6.45, 7) is 0.479. The number of carbonyl (C=O) groups excluding carboxylic acids is 2. The van der Waals surface area contributed by atoms with E-state index in [-0.39, 0.29) is 11.7 Å². The Morgan fingerprint density at radius 1 is 1.00 bits per heavy atom. The molecule has 0 unspecified atom stereocenters. The van der Waals surface area contributed by atoms with E-state index in [9.17, 15) is 9.59 Å². The van der Waals surface area contributed by atoms with Crippen LogP contribution in [0.25, 0.3) is 5.57 Å². The zero-order chi connectivity index (χ0) is 18.1. The summed E-state index contributed by atoms with van der Waals surface area (Å²) in [5.41, 5.74) is 3.14. The number of para-hydroxylation sites is 1. The molecule has 3 aromatic rings. The van der Waals surface area contributed by atoms with E-state index in [0.717, 1.165) is 20.6 Å². The molecule has 0 fully saturated rings. The Morgan fingerprint density at radius 2 is 1.73 bits per heavy atom.